The molecule has 29 heavy (non-hydrogen) atoms. The molecule has 0 radical (unpaired) electrons. The Kier molecular flexibility index (Phi) is 5.37. The van der Waals surface area contributed by atoms with Gasteiger partial charge in [0.25, 0.3) is 5.91 Å². The minimum atomic E-state index is -0.835. The van der Waals surface area contributed by atoms with Gasteiger partial charge in [-0.25, -0.2) is 8.78 Å². The van der Waals surface area contributed by atoms with E-state index in [1.165, 1.54) is 30.8 Å². The summed E-state index contributed by atoms with van der Waals surface area (Å²) < 4.78 is 27.5. The first kappa shape index (κ1) is 18.9. The van der Waals surface area contributed by atoms with Crippen LogP contribution in [0, 0.1) is 11.6 Å². The number of anilines is 4. The molecule has 4 rings (SSSR count). The van der Waals surface area contributed by atoms with Crippen LogP contribution in [0.3, 0.4) is 0 Å². The molecule has 1 saturated heterocycles. The van der Waals surface area contributed by atoms with Crippen molar-refractivity contribution in [3.63, 3.8) is 0 Å². The third-order valence-corrected chi connectivity index (χ3v) is 4.83. The quantitative estimate of drug-likeness (QED) is 0.643. The Morgan fingerprint density at radius 1 is 0.931 bits per heavy atom. The fourth-order valence-electron chi connectivity index (χ4n) is 3.33. The van der Waals surface area contributed by atoms with Crippen molar-refractivity contribution in [3.8, 4) is 0 Å². The van der Waals surface area contributed by atoms with E-state index < -0.39 is 23.2 Å². The van der Waals surface area contributed by atoms with Crippen molar-refractivity contribution in [1.29, 1.82) is 0 Å². The Morgan fingerprint density at radius 3 is 2.31 bits per heavy atom. The molecule has 1 aliphatic heterocycles. The monoisotopic (exact) mass is 394 g/mol. The summed E-state index contributed by atoms with van der Waals surface area (Å²) in [5, 5.41) is 5.46. The number of halogens is 2. The van der Waals surface area contributed by atoms with Gasteiger partial charge in [-0.1, -0.05) is 6.07 Å². The smallest absolute Gasteiger partial charge is 0.257 e. The SMILES string of the molecule is O=C(Nc1c(F)cccc1F)c1cncc(Nc2ccc(N3CCCC3)cc2)c1. The first-order valence-electron chi connectivity index (χ1n) is 9.42. The van der Waals surface area contributed by atoms with Crippen LogP contribution in [0.5, 0.6) is 0 Å². The van der Waals surface area contributed by atoms with Crippen molar-refractivity contribution >= 4 is 28.7 Å². The number of carbonyl (C=O) groups excluding carboxylic acids is 1. The number of nitrogens with zero attached hydrogens (tertiary/aromatic N) is 2. The second-order valence-corrected chi connectivity index (χ2v) is 6.88. The summed E-state index contributed by atoms with van der Waals surface area (Å²) in [5.41, 5.74) is 2.35. The molecule has 0 bridgehead atoms. The largest absolute Gasteiger partial charge is 0.372 e. The number of rotatable bonds is 5. The molecule has 2 heterocycles. The molecule has 1 aromatic heterocycles. The van der Waals surface area contributed by atoms with Gasteiger partial charge >= 0.3 is 0 Å². The maximum absolute atomic E-state index is 13.8. The highest BCUT2D eigenvalue weighted by atomic mass is 19.1. The number of pyridine rings is 1. The Labute approximate surface area is 167 Å². The van der Waals surface area contributed by atoms with E-state index in [0.29, 0.717) is 5.69 Å². The van der Waals surface area contributed by atoms with Crippen LogP contribution in [0.15, 0.2) is 60.9 Å². The highest BCUT2D eigenvalue weighted by Crippen LogP contribution is 2.24. The zero-order chi connectivity index (χ0) is 20.2. The fraction of sp³-hybridized carbons (Fsp3) is 0.182. The second-order valence-electron chi connectivity index (χ2n) is 6.88. The van der Waals surface area contributed by atoms with Crippen LogP contribution in [-0.4, -0.2) is 24.0 Å². The Balaban J connectivity index is 1.46. The molecule has 0 spiro atoms. The molecule has 3 aromatic rings. The minimum Gasteiger partial charge on any atom is -0.372 e. The van der Waals surface area contributed by atoms with Crippen molar-refractivity contribution in [2.24, 2.45) is 0 Å². The summed E-state index contributed by atoms with van der Waals surface area (Å²) in [4.78, 5) is 18.8. The molecule has 5 nitrogen and oxygen atoms in total. The molecular formula is C22H20F2N4O. The number of carbonyl (C=O) groups is 1. The van der Waals surface area contributed by atoms with Crippen LogP contribution in [-0.2, 0) is 0 Å². The van der Waals surface area contributed by atoms with E-state index in [-0.39, 0.29) is 5.56 Å². The van der Waals surface area contributed by atoms with Gasteiger partial charge < -0.3 is 15.5 Å². The Morgan fingerprint density at radius 2 is 1.62 bits per heavy atom. The number of para-hydroxylation sites is 1. The van der Waals surface area contributed by atoms with Crippen LogP contribution >= 0.6 is 0 Å². The molecule has 2 N–H and O–H groups in total. The van der Waals surface area contributed by atoms with E-state index >= 15 is 0 Å². The minimum absolute atomic E-state index is 0.186. The predicted molar refractivity (Wildman–Crippen MR) is 110 cm³/mol. The van der Waals surface area contributed by atoms with Gasteiger partial charge in [0, 0.05) is 30.7 Å². The van der Waals surface area contributed by atoms with Crippen molar-refractivity contribution in [2.45, 2.75) is 12.8 Å². The standard InChI is InChI=1S/C22H20F2N4O/c23-19-4-3-5-20(24)21(19)27-22(29)15-12-17(14-25-13-15)26-16-6-8-18(9-7-16)28-10-1-2-11-28/h3-9,12-14,26H,1-2,10-11H2,(H,27,29). The Hall–Kier alpha value is -3.48. The van der Waals surface area contributed by atoms with Crippen molar-refractivity contribution in [3.05, 3.63) is 78.1 Å². The number of hydrogen-bond donors (Lipinski definition) is 2. The van der Waals surface area contributed by atoms with E-state index in [1.54, 1.807) is 12.3 Å². The van der Waals surface area contributed by atoms with Crippen LogP contribution < -0.4 is 15.5 Å². The molecule has 1 fully saturated rings. The van der Waals surface area contributed by atoms with Gasteiger partial charge in [0.05, 0.1) is 17.4 Å². The summed E-state index contributed by atoms with van der Waals surface area (Å²) in [5.74, 6) is -2.31. The van der Waals surface area contributed by atoms with Crippen LogP contribution in [0.25, 0.3) is 0 Å². The summed E-state index contributed by atoms with van der Waals surface area (Å²) in [6, 6.07) is 13.0. The number of nitrogens with one attached hydrogen (secondary N) is 2. The molecule has 1 amide bonds. The number of benzene rings is 2. The summed E-state index contributed by atoms with van der Waals surface area (Å²) in [7, 11) is 0. The maximum Gasteiger partial charge on any atom is 0.257 e. The van der Waals surface area contributed by atoms with E-state index in [9.17, 15) is 13.6 Å². The Bertz CT molecular complexity index is 997. The summed E-state index contributed by atoms with van der Waals surface area (Å²) >= 11 is 0. The molecule has 1 aliphatic rings. The van der Waals surface area contributed by atoms with Gasteiger partial charge in [-0.05, 0) is 55.3 Å². The zero-order valence-electron chi connectivity index (χ0n) is 15.7. The third kappa shape index (κ3) is 4.34. The lowest BCUT2D eigenvalue weighted by atomic mass is 10.2. The average molecular weight is 394 g/mol. The molecule has 0 saturated carbocycles. The lowest BCUT2D eigenvalue weighted by Crippen LogP contribution is -2.17. The highest BCUT2D eigenvalue weighted by molar-refractivity contribution is 6.04. The first-order chi connectivity index (χ1) is 14.1. The first-order valence-corrected chi connectivity index (χ1v) is 9.42. The lowest BCUT2D eigenvalue weighted by Gasteiger charge is -2.18. The number of amides is 1. The van der Waals surface area contributed by atoms with E-state index in [0.717, 1.165) is 30.9 Å². The summed E-state index contributed by atoms with van der Waals surface area (Å²) in [6.07, 6.45) is 5.36. The van der Waals surface area contributed by atoms with Crippen LogP contribution in [0.4, 0.5) is 31.5 Å². The second kappa shape index (κ2) is 8.26. The van der Waals surface area contributed by atoms with Crippen molar-refractivity contribution in [1.82, 2.24) is 4.98 Å². The molecule has 0 aliphatic carbocycles. The molecule has 0 unspecified atom stereocenters. The highest BCUT2D eigenvalue weighted by Gasteiger charge is 2.15. The normalized spacial score (nSPS) is 13.4. The van der Waals surface area contributed by atoms with Gasteiger partial charge in [-0.2, -0.15) is 0 Å². The number of hydrogen-bond acceptors (Lipinski definition) is 4. The fourth-order valence-corrected chi connectivity index (χ4v) is 3.33. The molecule has 148 valence electrons. The molecule has 7 heteroatoms. The zero-order valence-corrected chi connectivity index (χ0v) is 15.7. The predicted octanol–water partition coefficient (Wildman–Crippen LogP) is 4.96. The van der Waals surface area contributed by atoms with Crippen LogP contribution in [0.1, 0.15) is 23.2 Å². The average Bonchev–Trinajstić information content (AvgIpc) is 3.26. The van der Waals surface area contributed by atoms with Gasteiger partial charge in [0.15, 0.2) is 0 Å². The molecule has 2 aromatic carbocycles. The van der Waals surface area contributed by atoms with E-state index in [1.807, 2.05) is 12.1 Å². The van der Waals surface area contributed by atoms with Crippen molar-refractivity contribution in [2.75, 3.05) is 28.6 Å². The third-order valence-electron chi connectivity index (χ3n) is 4.83. The van der Waals surface area contributed by atoms with E-state index in [2.05, 4.69) is 32.7 Å². The van der Waals surface area contributed by atoms with Gasteiger partial charge in [-0.3, -0.25) is 9.78 Å². The number of aromatic nitrogens is 1. The van der Waals surface area contributed by atoms with Gasteiger partial charge in [0.1, 0.15) is 17.3 Å². The van der Waals surface area contributed by atoms with Gasteiger partial charge in [-0.15, -0.1) is 0 Å². The summed E-state index contributed by atoms with van der Waals surface area (Å²) in [6.45, 7) is 2.16. The van der Waals surface area contributed by atoms with Gasteiger partial charge in [0.2, 0.25) is 0 Å². The lowest BCUT2D eigenvalue weighted by molar-refractivity contribution is 0.102. The molecule has 0 atom stereocenters. The topological polar surface area (TPSA) is 57.3 Å². The van der Waals surface area contributed by atoms with Crippen molar-refractivity contribution < 1.29 is 13.6 Å². The molecular weight excluding hydrogens is 374 g/mol. The maximum atomic E-state index is 13.8. The van der Waals surface area contributed by atoms with Crippen LogP contribution in [0.2, 0.25) is 0 Å². The van der Waals surface area contributed by atoms with E-state index in [4.69, 9.17) is 0 Å².